The van der Waals surface area contributed by atoms with Crippen molar-refractivity contribution in [3.8, 4) is 0 Å². The summed E-state index contributed by atoms with van der Waals surface area (Å²) < 4.78 is 0. The Morgan fingerprint density at radius 1 is 0.486 bits per heavy atom. The number of nitrogens with one attached hydrogen (secondary N) is 2. The molecule has 2 aliphatic carbocycles. The molecule has 0 aliphatic heterocycles. The van der Waals surface area contributed by atoms with E-state index in [9.17, 15) is 9.59 Å². The molecule has 2 rings (SSSR count). The quantitative estimate of drug-likeness (QED) is 0.123. The van der Waals surface area contributed by atoms with Crippen LogP contribution in [0.5, 0.6) is 0 Å². The first-order valence-electron chi connectivity index (χ1n) is 14.7. The molecule has 4 nitrogen and oxygen atoms in total. The van der Waals surface area contributed by atoms with Gasteiger partial charge in [-0.1, -0.05) is 104 Å². The molecule has 5 heteroatoms. The Balaban J connectivity index is 0.000000682. The Hall–Kier alpha value is -0.541. The number of rotatable bonds is 20. The van der Waals surface area contributed by atoms with Crippen LogP contribution in [0.25, 0.3) is 0 Å². The predicted molar refractivity (Wildman–Crippen MR) is 152 cm³/mol. The second-order valence-electron chi connectivity index (χ2n) is 9.81. The molecule has 2 aliphatic rings. The van der Waals surface area contributed by atoms with Crippen LogP contribution in [0.1, 0.15) is 117 Å². The Bertz CT molecular complexity index is 471. The Labute approximate surface area is 241 Å². The molecule has 208 valence electrons. The molecule has 0 aromatic heterocycles. The summed E-state index contributed by atoms with van der Waals surface area (Å²) in [4.78, 5) is 23.2. The van der Waals surface area contributed by atoms with Crippen molar-refractivity contribution in [3.05, 3.63) is 63.2 Å². The summed E-state index contributed by atoms with van der Waals surface area (Å²) in [5, 5.41) is 5.91. The van der Waals surface area contributed by atoms with Gasteiger partial charge in [-0.15, -0.1) is 0 Å². The first-order chi connectivity index (χ1) is 17.7. The number of carbonyl (C=O) groups is 2. The monoisotopic (exact) mass is 552 g/mol. The van der Waals surface area contributed by atoms with Crippen LogP contribution in [0.3, 0.4) is 0 Å². The van der Waals surface area contributed by atoms with E-state index in [-0.39, 0.29) is 28.9 Å². The summed E-state index contributed by atoms with van der Waals surface area (Å²) in [6.45, 7) is 6.10. The molecule has 10 radical (unpaired) electrons. The molecule has 0 heterocycles. The van der Waals surface area contributed by atoms with E-state index in [4.69, 9.17) is 0 Å². The van der Waals surface area contributed by atoms with Gasteiger partial charge in [0.2, 0.25) is 11.8 Å². The van der Waals surface area contributed by atoms with Gasteiger partial charge in [0.25, 0.3) is 0 Å². The van der Waals surface area contributed by atoms with Crippen LogP contribution in [0.2, 0.25) is 0 Å². The molecule has 0 saturated heterocycles. The zero-order chi connectivity index (χ0) is 26.1. The molecule has 2 fully saturated rings. The molecule has 2 N–H and O–H groups in total. The maximum absolute atomic E-state index is 11.6. The fourth-order valence-corrected chi connectivity index (χ4v) is 4.18. The van der Waals surface area contributed by atoms with Crippen molar-refractivity contribution < 1.29 is 26.7 Å². The van der Waals surface area contributed by atoms with Crippen LogP contribution in [0.4, 0.5) is 0 Å². The Kier molecular flexibility index (Phi) is 26.6. The van der Waals surface area contributed by atoms with Crippen LogP contribution in [0, 0.1) is 63.2 Å². The average molecular weight is 553 g/mol. The van der Waals surface area contributed by atoms with E-state index >= 15 is 0 Å². The van der Waals surface area contributed by atoms with Crippen molar-refractivity contribution in [2.45, 2.75) is 117 Å². The second-order valence-corrected chi connectivity index (χ2v) is 9.81. The zero-order valence-corrected chi connectivity index (χ0v) is 24.6. The molecule has 0 aromatic rings. The SMILES string of the molecule is CCCCCCCCCCNC(=O)[C]1[CH][CH][CH][CH]1.CCCCCCCCCCNC(=O)[C]1[CH][CH][CH][CH]1.[Fe+2]. The van der Waals surface area contributed by atoms with Gasteiger partial charge in [-0.05, 0) is 64.2 Å². The third-order valence-corrected chi connectivity index (χ3v) is 6.48. The van der Waals surface area contributed by atoms with Crippen LogP contribution in [0.15, 0.2) is 0 Å². The molecule has 2 amide bonds. The summed E-state index contributed by atoms with van der Waals surface area (Å²) in [6.07, 6.45) is 35.8. The smallest absolute Gasteiger partial charge is 0.356 e. The Morgan fingerprint density at radius 3 is 1.05 bits per heavy atom. The van der Waals surface area contributed by atoms with E-state index in [0.717, 1.165) is 37.8 Å². The van der Waals surface area contributed by atoms with Gasteiger partial charge < -0.3 is 10.6 Å². The maximum Gasteiger partial charge on any atom is 2.00 e. The number of amides is 2. The third kappa shape index (κ3) is 21.0. The molecule has 37 heavy (non-hydrogen) atoms. The summed E-state index contributed by atoms with van der Waals surface area (Å²) in [7, 11) is 0. The molecule has 0 spiro atoms. The number of unbranched alkanes of at least 4 members (excludes halogenated alkanes) is 14. The molecule has 0 bridgehead atoms. The van der Waals surface area contributed by atoms with Crippen molar-refractivity contribution in [2.24, 2.45) is 0 Å². The minimum atomic E-state index is 0. The Morgan fingerprint density at radius 2 is 0.757 bits per heavy atom. The van der Waals surface area contributed by atoms with Gasteiger partial charge in [0.05, 0.1) is 11.8 Å². The van der Waals surface area contributed by atoms with E-state index in [1.165, 1.54) is 89.9 Å². The minimum Gasteiger partial charge on any atom is -0.356 e. The largest absolute Gasteiger partial charge is 2.00 e. The fourth-order valence-electron chi connectivity index (χ4n) is 4.18. The van der Waals surface area contributed by atoms with Gasteiger partial charge in [0.1, 0.15) is 0 Å². The number of hydrogen-bond acceptors (Lipinski definition) is 2. The zero-order valence-electron chi connectivity index (χ0n) is 23.5. The number of hydrogen-bond donors (Lipinski definition) is 2. The van der Waals surface area contributed by atoms with Crippen LogP contribution < -0.4 is 10.6 Å². The first-order valence-corrected chi connectivity index (χ1v) is 14.7. The van der Waals surface area contributed by atoms with Gasteiger partial charge in [-0.2, -0.15) is 0 Å². The summed E-state index contributed by atoms with van der Waals surface area (Å²) >= 11 is 0. The summed E-state index contributed by atoms with van der Waals surface area (Å²) in [6, 6.07) is 0. The van der Waals surface area contributed by atoms with Gasteiger partial charge in [-0.3, -0.25) is 9.59 Å². The standard InChI is InChI=1S/2C16H26NO.Fe/c2*1-2-3-4-5-6-7-8-11-14-17-16(18)15-12-9-10-13-15;/h2*9-10,12-13H,2-8,11,14H2,1H3,(H,17,18);/q;;+2. The first kappa shape index (κ1) is 36.5. The van der Waals surface area contributed by atoms with Crippen LogP contribution in [-0.2, 0) is 26.7 Å². The normalized spacial score (nSPS) is 15.6. The molecule has 2 saturated carbocycles. The molecular weight excluding hydrogens is 500 g/mol. The van der Waals surface area contributed by atoms with Crippen molar-refractivity contribution in [1.29, 1.82) is 0 Å². The van der Waals surface area contributed by atoms with E-state index in [2.05, 4.69) is 24.5 Å². The van der Waals surface area contributed by atoms with Gasteiger partial charge in [0, 0.05) is 13.1 Å². The van der Waals surface area contributed by atoms with E-state index in [1.807, 2.05) is 51.4 Å². The summed E-state index contributed by atoms with van der Waals surface area (Å²) in [5.74, 6) is 1.66. The molecular formula is C32H52FeN2O2+2. The topological polar surface area (TPSA) is 58.2 Å². The van der Waals surface area contributed by atoms with Crippen molar-refractivity contribution in [3.63, 3.8) is 0 Å². The maximum atomic E-state index is 11.6. The second kappa shape index (κ2) is 27.0. The third-order valence-electron chi connectivity index (χ3n) is 6.48. The van der Waals surface area contributed by atoms with Gasteiger partial charge >= 0.3 is 17.1 Å². The molecule has 0 unspecified atom stereocenters. The number of carbonyl (C=O) groups excluding carboxylic acids is 2. The van der Waals surface area contributed by atoms with Crippen LogP contribution >= 0.6 is 0 Å². The van der Waals surface area contributed by atoms with Crippen molar-refractivity contribution in [2.75, 3.05) is 13.1 Å². The van der Waals surface area contributed by atoms with Crippen LogP contribution in [-0.4, -0.2) is 24.9 Å². The van der Waals surface area contributed by atoms with E-state index < -0.39 is 0 Å². The summed E-state index contributed by atoms with van der Waals surface area (Å²) in [5.41, 5.74) is 0. The fraction of sp³-hybridized carbons (Fsp3) is 0.625. The predicted octanol–water partition coefficient (Wildman–Crippen LogP) is 7.29. The molecule has 0 atom stereocenters. The minimum absolute atomic E-state index is 0. The van der Waals surface area contributed by atoms with Crippen molar-refractivity contribution >= 4 is 11.8 Å². The van der Waals surface area contributed by atoms with E-state index in [0.29, 0.717) is 0 Å². The van der Waals surface area contributed by atoms with Crippen molar-refractivity contribution in [1.82, 2.24) is 10.6 Å². The van der Waals surface area contributed by atoms with Gasteiger partial charge in [0.15, 0.2) is 0 Å². The van der Waals surface area contributed by atoms with Gasteiger partial charge in [-0.25, -0.2) is 0 Å². The molecule has 0 aromatic carbocycles. The average Bonchev–Trinajstić information content (AvgIpc) is 3.62. The van der Waals surface area contributed by atoms with E-state index in [1.54, 1.807) is 0 Å².